The Labute approximate surface area is 205 Å². The second-order valence-electron chi connectivity index (χ2n) is 8.40. The molecular weight excluding hydrogens is 474 g/mol. The SMILES string of the molecule is O=[N+]([O-])c1c(Cl)nc2ccccc2c1N1CCN(C(c2ccc(F)cc2)c2ccc(F)cc2)CC1. The van der Waals surface area contributed by atoms with Crippen molar-refractivity contribution >= 4 is 33.9 Å². The average Bonchev–Trinajstić information content (AvgIpc) is 2.86. The van der Waals surface area contributed by atoms with Crippen LogP contribution in [0.4, 0.5) is 20.2 Å². The minimum absolute atomic E-state index is 0.137. The van der Waals surface area contributed by atoms with E-state index in [-0.39, 0.29) is 28.5 Å². The number of pyridine rings is 1. The highest BCUT2D eigenvalue weighted by molar-refractivity contribution is 6.33. The van der Waals surface area contributed by atoms with E-state index < -0.39 is 4.92 Å². The predicted molar refractivity (Wildman–Crippen MR) is 132 cm³/mol. The van der Waals surface area contributed by atoms with E-state index in [9.17, 15) is 18.9 Å². The fraction of sp³-hybridized carbons (Fsp3) is 0.192. The number of benzene rings is 3. The molecule has 9 heteroatoms. The van der Waals surface area contributed by atoms with Gasteiger partial charge in [0.15, 0.2) is 0 Å². The summed E-state index contributed by atoms with van der Waals surface area (Å²) in [6, 6.07) is 19.6. The second-order valence-corrected chi connectivity index (χ2v) is 8.76. The average molecular weight is 495 g/mol. The van der Waals surface area contributed by atoms with Gasteiger partial charge < -0.3 is 4.90 Å². The number of aromatic nitrogens is 1. The molecule has 2 heterocycles. The molecule has 0 N–H and O–H groups in total. The number of nitro groups is 1. The molecule has 0 aliphatic carbocycles. The summed E-state index contributed by atoms with van der Waals surface area (Å²) in [5, 5.41) is 12.4. The number of nitrogens with zero attached hydrogens (tertiary/aromatic N) is 4. The van der Waals surface area contributed by atoms with Crippen molar-refractivity contribution in [3.63, 3.8) is 0 Å². The summed E-state index contributed by atoms with van der Waals surface area (Å²) < 4.78 is 27.2. The zero-order valence-electron chi connectivity index (χ0n) is 18.6. The molecule has 1 fully saturated rings. The van der Waals surface area contributed by atoms with Crippen LogP contribution < -0.4 is 4.90 Å². The molecule has 1 aromatic heterocycles. The Balaban J connectivity index is 1.49. The third-order valence-electron chi connectivity index (χ3n) is 6.35. The topological polar surface area (TPSA) is 62.5 Å². The quantitative estimate of drug-likeness (QED) is 0.194. The van der Waals surface area contributed by atoms with Gasteiger partial charge in [-0.15, -0.1) is 0 Å². The lowest BCUT2D eigenvalue weighted by atomic mass is 9.96. The largest absolute Gasteiger partial charge is 0.363 e. The summed E-state index contributed by atoms with van der Waals surface area (Å²) >= 11 is 6.24. The van der Waals surface area contributed by atoms with Crippen LogP contribution in [-0.4, -0.2) is 41.0 Å². The third kappa shape index (κ3) is 4.54. The zero-order chi connectivity index (χ0) is 24.5. The summed E-state index contributed by atoms with van der Waals surface area (Å²) in [4.78, 5) is 19.8. The third-order valence-corrected chi connectivity index (χ3v) is 6.61. The first-order chi connectivity index (χ1) is 16.9. The molecule has 6 nitrogen and oxygen atoms in total. The van der Waals surface area contributed by atoms with Gasteiger partial charge in [-0.2, -0.15) is 0 Å². The van der Waals surface area contributed by atoms with Crippen LogP contribution >= 0.6 is 11.6 Å². The van der Waals surface area contributed by atoms with E-state index in [1.807, 2.05) is 23.1 Å². The van der Waals surface area contributed by atoms with Crippen molar-refractivity contribution in [2.45, 2.75) is 6.04 Å². The molecule has 0 radical (unpaired) electrons. The Morgan fingerprint density at radius 2 is 1.40 bits per heavy atom. The van der Waals surface area contributed by atoms with Crippen LogP contribution in [0, 0.1) is 21.7 Å². The van der Waals surface area contributed by atoms with Crippen LogP contribution in [0.5, 0.6) is 0 Å². The Bertz CT molecular complexity index is 1330. The summed E-state index contributed by atoms with van der Waals surface area (Å²) in [5.41, 5.74) is 2.62. The van der Waals surface area contributed by atoms with Gasteiger partial charge in [-0.3, -0.25) is 15.0 Å². The van der Waals surface area contributed by atoms with Crippen LogP contribution in [-0.2, 0) is 0 Å². The van der Waals surface area contributed by atoms with E-state index in [0.29, 0.717) is 42.8 Å². The number of hydrogen-bond donors (Lipinski definition) is 0. The van der Waals surface area contributed by atoms with Crippen molar-refractivity contribution in [2.75, 3.05) is 31.1 Å². The van der Waals surface area contributed by atoms with Crippen LogP contribution in [0.2, 0.25) is 5.15 Å². The van der Waals surface area contributed by atoms with Gasteiger partial charge in [0, 0.05) is 31.6 Å². The minimum atomic E-state index is -0.483. The van der Waals surface area contributed by atoms with E-state index in [4.69, 9.17) is 11.6 Å². The Morgan fingerprint density at radius 3 is 1.94 bits per heavy atom. The normalized spacial score (nSPS) is 14.6. The van der Waals surface area contributed by atoms with Crippen molar-refractivity contribution < 1.29 is 13.7 Å². The molecule has 0 unspecified atom stereocenters. The molecule has 0 amide bonds. The summed E-state index contributed by atoms with van der Waals surface area (Å²) in [5.74, 6) is -0.657. The second kappa shape index (κ2) is 9.56. The first-order valence-corrected chi connectivity index (χ1v) is 11.5. The lowest BCUT2D eigenvalue weighted by molar-refractivity contribution is -0.384. The molecule has 1 aliphatic rings. The van der Waals surface area contributed by atoms with E-state index in [2.05, 4.69) is 9.88 Å². The van der Waals surface area contributed by atoms with Gasteiger partial charge in [-0.1, -0.05) is 54.1 Å². The fourth-order valence-electron chi connectivity index (χ4n) is 4.75. The highest BCUT2D eigenvalue weighted by Crippen LogP contribution is 2.41. The number of anilines is 1. The monoisotopic (exact) mass is 494 g/mol. The minimum Gasteiger partial charge on any atom is -0.363 e. The summed E-state index contributed by atoms with van der Waals surface area (Å²) in [7, 11) is 0. The first-order valence-electron chi connectivity index (χ1n) is 11.1. The van der Waals surface area contributed by atoms with Gasteiger partial charge in [-0.05, 0) is 41.5 Å². The van der Waals surface area contributed by atoms with Crippen LogP contribution in [0.1, 0.15) is 17.2 Å². The van der Waals surface area contributed by atoms with E-state index in [1.165, 1.54) is 24.3 Å². The molecule has 4 aromatic rings. The van der Waals surface area contributed by atoms with Crippen molar-refractivity contribution in [2.24, 2.45) is 0 Å². The summed E-state index contributed by atoms with van der Waals surface area (Å²) in [6.07, 6.45) is 0. The van der Waals surface area contributed by atoms with Gasteiger partial charge in [0.25, 0.3) is 0 Å². The standard InChI is InChI=1S/C26H21ClF2N4O2/c27-26-25(33(34)35)24(21-3-1-2-4-22(21)30-26)32-15-13-31(14-16-32)23(17-5-9-19(28)10-6-17)18-7-11-20(29)12-8-18/h1-12,23H,13-16H2. The number of halogens is 3. The molecule has 0 saturated carbocycles. The number of fused-ring (bicyclic) bond motifs is 1. The van der Waals surface area contributed by atoms with Crippen LogP contribution in [0.3, 0.4) is 0 Å². The highest BCUT2D eigenvalue weighted by atomic mass is 35.5. The number of hydrogen-bond acceptors (Lipinski definition) is 5. The number of para-hydroxylation sites is 1. The van der Waals surface area contributed by atoms with Crippen molar-refractivity contribution in [3.05, 3.63) is 111 Å². The van der Waals surface area contributed by atoms with Crippen LogP contribution in [0.25, 0.3) is 10.9 Å². The van der Waals surface area contributed by atoms with Crippen molar-refractivity contribution in [1.82, 2.24) is 9.88 Å². The number of piperazine rings is 1. The lowest BCUT2D eigenvalue weighted by Gasteiger charge is -2.40. The molecular formula is C26H21ClF2N4O2. The molecule has 178 valence electrons. The van der Waals surface area contributed by atoms with Gasteiger partial charge in [0.05, 0.1) is 16.5 Å². The molecule has 5 rings (SSSR count). The predicted octanol–water partition coefficient (Wildman–Crippen LogP) is 5.99. The molecule has 0 atom stereocenters. The first kappa shape index (κ1) is 23.1. The van der Waals surface area contributed by atoms with E-state index in [1.54, 1.807) is 30.3 Å². The molecule has 0 spiro atoms. The highest BCUT2D eigenvalue weighted by Gasteiger charge is 2.32. The van der Waals surface area contributed by atoms with Crippen molar-refractivity contribution in [3.8, 4) is 0 Å². The Morgan fingerprint density at radius 1 is 0.857 bits per heavy atom. The van der Waals surface area contributed by atoms with Crippen LogP contribution in [0.15, 0.2) is 72.8 Å². The van der Waals surface area contributed by atoms with Gasteiger partial charge in [0.2, 0.25) is 5.15 Å². The van der Waals surface area contributed by atoms with Gasteiger partial charge >= 0.3 is 5.69 Å². The Kier molecular flexibility index (Phi) is 6.32. The maximum atomic E-state index is 13.6. The fourth-order valence-corrected chi connectivity index (χ4v) is 4.99. The van der Waals surface area contributed by atoms with Gasteiger partial charge in [0.1, 0.15) is 17.3 Å². The van der Waals surface area contributed by atoms with Crippen molar-refractivity contribution in [1.29, 1.82) is 0 Å². The zero-order valence-corrected chi connectivity index (χ0v) is 19.3. The Hall–Kier alpha value is -3.62. The van der Waals surface area contributed by atoms with Gasteiger partial charge in [-0.25, -0.2) is 13.8 Å². The molecule has 1 saturated heterocycles. The lowest BCUT2D eigenvalue weighted by Crippen LogP contribution is -2.48. The van der Waals surface area contributed by atoms with E-state index in [0.717, 1.165) is 11.1 Å². The maximum Gasteiger partial charge on any atom is 0.330 e. The number of rotatable bonds is 5. The molecule has 1 aliphatic heterocycles. The molecule has 35 heavy (non-hydrogen) atoms. The smallest absolute Gasteiger partial charge is 0.330 e. The maximum absolute atomic E-state index is 13.6. The van der Waals surface area contributed by atoms with E-state index >= 15 is 0 Å². The molecule has 0 bridgehead atoms. The summed E-state index contributed by atoms with van der Waals surface area (Å²) in [6.45, 7) is 2.16. The molecule has 3 aromatic carbocycles.